The minimum Gasteiger partial charge on any atom is -0.459 e. The second kappa shape index (κ2) is 8.28. The van der Waals surface area contributed by atoms with Gasteiger partial charge in [0.1, 0.15) is 17.6 Å². The number of halogens is 1. The van der Waals surface area contributed by atoms with Crippen molar-refractivity contribution in [3.05, 3.63) is 53.6 Å². The quantitative estimate of drug-likeness (QED) is 0.596. The predicted octanol–water partition coefficient (Wildman–Crippen LogP) is 3.39. The van der Waals surface area contributed by atoms with Gasteiger partial charge in [-0.15, -0.1) is 0 Å². The zero-order valence-corrected chi connectivity index (χ0v) is 19.6. The molecular weight excluding hydrogens is 465 g/mol. The molecule has 3 saturated carbocycles. The van der Waals surface area contributed by atoms with E-state index in [1.165, 1.54) is 12.1 Å². The van der Waals surface area contributed by atoms with E-state index >= 15 is 0 Å². The molecular formula is C27H26FN3O5. The summed E-state index contributed by atoms with van der Waals surface area (Å²) in [5, 5.41) is 0. The maximum Gasteiger partial charge on any atom is 0.309 e. The van der Waals surface area contributed by atoms with Gasteiger partial charge in [0.05, 0.1) is 24.7 Å². The summed E-state index contributed by atoms with van der Waals surface area (Å²) in [6, 6.07) is 8.20. The van der Waals surface area contributed by atoms with E-state index in [2.05, 4.69) is 4.98 Å². The van der Waals surface area contributed by atoms with E-state index in [1.807, 2.05) is 23.1 Å². The van der Waals surface area contributed by atoms with Crippen LogP contribution in [0.1, 0.15) is 41.7 Å². The topological polar surface area (TPSA) is 90.3 Å². The van der Waals surface area contributed by atoms with Gasteiger partial charge in [-0.3, -0.25) is 14.6 Å². The van der Waals surface area contributed by atoms with Crippen LogP contribution >= 0.6 is 0 Å². The normalized spacial score (nSPS) is 30.6. The Hall–Kier alpha value is -3.49. The number of benzene rings is 1. The highest BCUT2D eigenvalue weighted by Crippen LogP contribution is 2.51. The molecule has 5 atom stereocenters. The first kappa shape index (κ1) is 21.8. The molecule has 9 heteroatoms. The molecule has 0 unspecified atom stereocenters. The lowest BCUT2D eigenvalue weighted by Gasteiger charge is -2.42. The Morgan fingerprint density at radius 3 is 2.75 bits per heavy atom. The Balaban J connectivity index is 1.20. The minimum atomic E-state index is -0.486. The second-order valence-corrected chi connectivity index (χ2v) is 10.5. The van der Waals surface area contributed by atoms with E-state index in [0.29, 0.717) is 19.0 Å². The Bertz CT molecular complexity index is 1260. The van der Waals surface area contributed by atoms with Crippen LogP contribution in [0.3, 0.4) is 0 Å². The Labute approximate surface area is 207 Å². The fourth-order valence-corrected chi connectivity index (χ4v) is 6.38. The van der Waals surface area contributed by atoms with Crippen molar-refractivity contribution in [3.63, 3.8) is 0 Å². The predicted molar refractivity (Wildman–Crippen MR) is 125 cm³/mol. The van der Waals surface area contributed by atoms with E-state index in [0.717, 1.165) is 54.7 Å². The van der Waals surface area contributed by atoms with Crippen molar-refractivity contribution in [1.82, 2.24) is 9.88 Å². The first-order valence-corrected chi connectivity index (χ1v) is 12.6. The molecule has 1 amide bonds. The molecule has 1 saturated heterocycles. The van der Waals surface area contributed by atoms with Gasteiger partial charge in [-0.1, -0.05) is 6.07 Å². The molecule has 7 rings (SSSR count). The number of rotatable bonds is 5. The average Bonchev–Trinajstić information content (AvgIpc) is 3.62. The van der Waals surface area contributed by atoms with Gasteiger partial charge < -0.3 is 19.1 Å². The van der Waals surface area contributed by atoms with Crippen LogP contribution in [0.15, 0.2) is 41.5 Å². The van der Waals surface area contributed by atoms with Gasteiger partial charge in [-0.25, -0.2) is 9.37 Å². The van der Waals surface area contributed by atoms with Crippen molar-refractivity contribution < 1.29 is 28.2 Å². The molecule has 3 bridgehead atoms. The monoisotopic (exact) mass is 491 g/mol. The molecule has 186 valence electrons. The second-order valence-electron chi connectivity index (χ2n) is 10.5. The van der Waals surface area contributed by atoms with E-state index < -0.39 is 11.9 Å². The first-order valence-electron chi connectivity index (χ1n) is 12.6. The number of likely N-dealkylation sites (tertiary alicyclic amines) is 1. The molecule has 1 aromatic carbocycles. The molecule has 2 aromatic rings. The van der Waals surface area contributed by atoms with E-state index in [9.17, 15) is 14.0 Å². The van der Waals surface area contributed by atoms with Gasteiger partial charge in [0.15, 0.2) is 11.5 Å². The number of carbonyl (C=O) groups excluding carboxylic acids is 2. The Morgan fingerprint density at radius 2 is 1.94 bits per heavy atom. The molecule has 36 heavy (non-hydrogen) atoms. The zero-order chi connectivity index (χ0) is 24.4. The standard InChI is InChI=1S/C27H26FN3O5/c28-17-4-5-20(29-11-17)26(32)31-12-15-7-18-23(30-10-14-1-6-21-22(9-14)35-13-34-21)19(8-15)25(24(18)31)36-27(33)16-2-3-16/h1,4-6,9,11,15-16,18-19,24-25H,2-3,7-8,10,12-13H2/t15-,18+,19-,24-,25+/m0/s1. The molecule has 8 nitrogen and oxygen atoms in total. The molecule has 1 aromatic heterocycles. The maximum absolute atomic E-state index is 13.5. The van der Waals surface area contributed by atoms with E-state index in [4.69, 9.17) is 19.2 Å². The number of nitrogens with zero attached hydrogens (tertiary/aromatic N) is 3. The number of amides is 1. The molecule has 0 radical (unpaired) electrons. The maximum atomic E-state index is 13.5. The zero-order valence-electron chi connectivity index (χ0n) is 19.6. The Kier molecular flexibility index (Phi) is 5.01. The number of ether oxygens (including phenoxy) is 3. The summed E-state index contributed by atoms with van der Waals surface area (Å²) in [5.74, 6) is 0.843. The van der Waals surface area contributed by atoms with Crippen LogP contribution in [-0.4, -0.2) is 53.0 Å². The smallest absolute Gasteiger partial charge is 0.309 e. The number of esters is 1. The largest absolute Gasteiger partial charge is 0.459 e. The fraction of sp³-hybridized carbons (Fsp3) is 0.481. The van der Waals surface area contributed by atoms with Crippen LogP contribution in [0.4, 0.5) is 4.39 Å². The van der Waals surface area contributed by atoms with Crippen molar-refractivity contribution in [3.8, 4) is 11.5 Å². The van der Waals surface area contributed by atoms with Crippen molar-refractivity contribution in [1.29, 1.82) is 0 Å². The highest BCUT2D eigenvalue weighted by atomic mass is 19.1. The molecule has 2 aliphatic heterocycles. The highest BCUT2D eigenvalue weighted by molar-refractivity contribution is 5.98. The fourth-order valence-electron chi connectivity index (χ4n) is 6.38. The van der Waals surface area contributed by atoms with Gasteiger partial charge in [-0.2, -0.15) is 0 Å². The molecule has 0 spiro atoms. The van der Waals surface area contributed by atoms with Gasteiger partial charge in [0.2, 0.25) is 6.79 Å². The number of hydrogen-bond donors (Lipinski definition) is 0. The van der Waals surface area contributed by atoms with Crippen LogP contribution in [-0.2, 0) is 16.1 Å². The number of piperidine rings is 1. The SMILES string of the molecule is O=C(O[C@H]1[C@@H]2[C@@H]3C[C@@H](C[C@H]1C3=NCc1ccc3c(c1)OCO3)CN2C(=O)c1ccc(F)cn1)C1CC1. The van der Waals surface area contributed by atoms with Gasteiger partial charge in [-0.05, 0) is 61.4 Å². The van der Waals surface area contributed by atoms with Gasteiger partial charge in [0.25, 0.3) is 5.91 Å². The molecule has 3 aliphatic carbocycles. The summed E-state index contributed by atoms with van der Waals surface area (Å²) in [6.07, 6.45) is 4.11. The molecule has 4 fully saturated rings. The van der Waals surface area contributed by atoms with Crippen molar-refractivity contribution in [2.45, 2.75) is 44.4 Å². The lowest BCUT2D eigenvalue weighted by atomic mass is 9.76. The van der Waals surface area contributed by atoms with Gasteiger partial charge >= 0.3 is 5.97 Å². The third kappa shape index (κ3) is 3.63. The third-order valence-electron chi connectivity index (χ3n) is 8.15. The van der Waals surface area contributed by atoms with Crippen molar-refractivity contribution in [2.75, 3.05) is 13.3 Å². The lowest BCUT2D eigenvalue weighted by molar-refractivity contribution is -0.154. The van der Waals surface area contributed by atoms with Gasteiger partial charge in [0, 0.05) is 24.1 Å². The number of carbonyl (C=O) groups is 2. The summed E-state index contributed by atoms with van der Waals surface area (Å²) in [5.41, 5.74) is 2.25. The summed E-state index contributed by atoms with van der Waals surface area (Å²) < 4.78 is 30.5. The molecule has 3 heterocycles. The summed E-state index contributed by atoms with van der Waals surface area (Å²) in [7, 11) is 0. The highest BCUT2D eigenvalue weighted by Gasteiger charge is 2.60. The average molecular weight is 492 g/mol. The molecule has 0 N–H and O–H groups in total. The van der Waals surface area contributed by atoms with E-state index in [1.54, 1.807) is 0 Å². The first-order chi connectivity index (χ1) is 17.5. The van der Waals surface area contributed by atoms with E-state index in [-0.39, 0.29) is 48.2 Å². The van der Waals surface area contributed by atoms with Crippen LogP contribution in [0.2, 0.25) is 0 Å². The van der Waals surface area contributed by atoms with Crippen LogP contribution in [0.25, 0.3) is 0 Å². The van der Waals surface area contributed by atoms with Crippen molar-refractivity contribution in [2.24, 2.45) is 28.7 Å². The summed E-state index contributed by atoms with van der Waals surface area (Å²) in [4.78, 5) is 37.2. The van der Waals surface area contributed by atoms with Crippen molar-refractivity contribution >= 4 is 17.6 Å². The van der Waals surface area contributed by atoms with Crippen LogP contribution in [0.5, 0.6) is 11.5 Å². The summed E-state index contributed by atoms with van der Waals surface area (Å²) >= 11 is 0. The number of hydrogen-bond acceptors (Lipinski definition) is 7. The molecule has 5 aliphatic rings. The summed E-state index contributed by atoms with van der Waals surface area (Å²) in [6.45, 7) is 1.29. The third-order valence-corrected chi connectivity index (χ3v) is 8.15. The van der Waals surface area contributed by atoms with Crippen LogP contribution < -0.4 is 9.47 Å². The number of aromatic nitrogens is 1. The minimum absolute atomic E-state index is 0.00515. The van der Waals surface area contributed by atoms with Crippen LogP contribution in [0, 0.1) is 29.5 Å². The number of pyridine rings is 1. The number of aliphatic imine (C=N–C) groups is 1. The lowest BCUT2D eigenvalue weighted by Crippen LogP contribution is -2.54. The number of fused-ring (bicyclic) bond motifs is 3. The Morgan fingerprint density at radius 1 is 1.11 bits per heavy atom.